The maximum atomic E-state index is 11.7. The van der Waals surface area contributed by atoms with E-state index in [0.29, 0.717) is 10.7 Å². The van der Waals surface area contributed by atoms with Crippen molar-refractivity contribution in [3.8, 4) is 0 Å². The van der Waals surface area contributed by atoms with E-state index in [1.54, 1.807) is 31.3 Å². The summed E-state index contributed by atoms with van der Waals surface area (Å²) in [5.74, 6) is -1.28. The number of carbonyl (C=O) groups excluding carboxylic acids is 2. The first-order chi connectivity index (χ1) is 9.97. The number of amides is 1. The minimum Gasteiger partial charge on any atom is -0.451 e. The summed E-state index contributed by atoms with van der Waals surface area (Å²) in [5.41, 5.74) is 0.404. The Morgan fingerprint density at radius 1 is 1.29 bits per heavy atom. The van der Waals surface area contributed by atoms with E-state index in [1.165, 1.54) is 10.9 Å². The van der Waals surface area contributed by atoms with Gasteiger partial charge in [0.2, 0.25) is 0 Å². The van der Waals surface area contributed by atoms with E-state index in [2.05, 4.69) is 10.4 Å². The molecule has 0 aliphatic rings. The molecule has 2 rings (SSSR count). The Kier molecular flexibility index (Phi) is 4.82. The van der Waals surface area contributed by atoms with Gasteiger partial charge in [0.15, 0.2) is 12.3 Å². The van der Waals surface area contributed by atoms with Gasteiger partial charge in [0, 0.05) is 13.2 Å². The summed E-state index contributed by atoms with van der Waals surface area (Å²) >= 11 is 11.7. The van der Waals surface area contributed by atoms with E-state index in [-0.39, 0.29) is 10.7 Å². The van der Waals surface area contributed by atoms with E-state index in [9.17, 15) is 9.59 Å². The van der Waals surface area contributed by atoms with Gasteiger partial charge >= 0.3 is 5.97 Å². The van der Waals surface area contributed by atoms with Gasteiger partial charge < -0.3 is 10.1 Å². The molecule has 1 amide bonds. The predicted octanol–water partition coefficient (Wildman–Crippen LogP) is 2.52. The normalized spacial score (nSPS) is 10.2. The molecule has 0 atom stereocenters. The molecule has 0 saturated carbocycles. The summed E-state index contributed by atoms with van der Waals surface area (Å²) < 4.78 is 6.22. The molecule has 0 bridgehead atoms. The first-order valence-electron chi connectivity index (χ1n) is 5.88. The Bertz CT molecular complexity index is 685. The highest BCUT2D eigenvalue weighted by Crippen LogP contribution is 2.20. The fourth-order valence-electron chi connectivity index (χ4n) is 1.55. The van der Waals surface area contributed by atoms with E-state index < -0.39 is 18.5 Å². The first-order valence-corrected chi connectivity index (χ1v) is 6.63. The summed E-state index contributed by atoms with van der Waals surface area (Å²) in [5, 5.41) is 6.93. The van der Waals surface area contributed by atoms with Crippen LogP contribution in [-0.4, -0.2) is 28.3 Å². The molecule has 0 unspecified atom stereocenters. The van der Waals surface area contributed by atoms with Crippen LogP contribution in [0.25, 0.3) is 0 Å². The Labute approximate surface area is 130 Å². The van der Waals surface area contributed by atoms with Crippen molar-refractivity contribution < 1.29 is 14.3 Å². The Balaban J connectivity index is 1.91. The lowest BCUT2D eigenvalue weighted by atomic mass is 10.3. The predicted molar refractivity (Wildman–Crippen MR) is 78.6 cm³/mol. The number of para-hydroxylation sites is 1. The lowest BCUT2D eigenvalue weighted by molar-refractivity contribution is -0.119. The first kappa shape index (κ1) is 15.3. The van der Waals surface area contributed by atoms with Crippen LogP contribution in [-0.2, 0) is 16.6 Å². The van der Waals surface area contributed by atoms with E-state index in [0.717, 1.165) is 0 Å². The molecular weight excluding hydrogens is 317 g/mol. The molecular formula is C13H11Cl2N3O3. The molecule has 21 heavy (non-hydrogen) atoms. The molecule has 0 aliphatic carbocycles. The van der Waals surface area contributed by atoms with Gasteiger partial charge in [0.05, 0.1) is 15.7 Å². The van der Waals surface area contributed by atoms with E-state index in [1.807, 2.05) is 0 Å². The number of halogens is 2. The van der Waals surface area contributed by atoms with Crippen molar-refractivity contribution in [1.29, 1.82) is 0 Å². The molecule has 8 heteroatoms. The number of hydrogen-bond donors (Lipinski definition) is 1. The quantitative estimate of drug-likeness (QED) is 0.876. The zero-order chi connectivity index (χ0) is 15.4. The standard InChI is InChI=1S/C13H11Cl2N3O3/c1-18-6-9(15)12(17-18)13(20)21-7-11(19)16-10-5-3-2-4-8(10)14/h2-6H,7H2,1H3,(H,16,19). The number of aromatic nitrogens is 2. The van der Waals surface area contributed by atoms with Crippen molar-refractivity contribution in [1.82, 2.24) is 9.78 Å². The van der Waals surface area contributed by atoms with E-state index in [4.69, 9.17) is 27.9 Å². The fraction of sp³-hybridized carbons (Fsp3) is 0.154. The van der Waals surface area contributed by atoms with Crippen LogP contribution in [0.5, 0.6) is 0 Å². The molecule has 1 aromatic carbocycles. The average Bonchev–Trinajstić information content (AvgIpc) is 2.78. The van der Waals surface area contributed by atoms with Crippen LogP contribution in [0.3, 0.4) is 0 Å². The molecule has 0 fully saturated rings. The SMILES string of the molecule is Cn1cc(Cl)c(C(=O)OCC(=O)Nc2ccccc2Cl)n1. The molecule has 1 N–H and O–H groups in total. The van der Waals surface area contributed by atoms with Crippen LogP contribution in [0.4, 0.5) is 5.69 Å². The van der Waals surface area contributed by atoms with Crippen molar-refractivity contribution in [3.63, 3.8) is 0 Å². The second-order valence-corrected chi connectivity index (χ2v) is 4.92. The monoisotopic (exact) mass is 327 g/mol. The minimum atomic E-state index is -0.769. The van der Waals surface area contributed by atoms with Gasteiger partial charge in [0.25, 0.3) is 5.91 Å². The average molecular weight is 328 g/mol. The van der Waals surface area contributed by atoms with Gasteiger partial charge in [-0.2, -0.15) is 5.10 Å². The molecule has 0 radical (unpaired) electrons. The number of hydrogen-bond acceptors (Lipinski definition) is 4. The van der Waals surface area contributed by atoms with Gasteiger partial charge in [-0.15, -0.1) is 0 Å². The largest absolute Gasteiger partial charge is 0.451 e. The van der Waals surface area contributed by atoms with Crippen LogP contribution < -0.4 is 5.32 Å². The lowest BCUT2D eigenvalue weighted by Gasteiger charge is -2.07. The molecule has 0 aliphatic heterocycles. The molecule has 0 spiro atoms. The van der Waals surface area contributed by atoms with Gasteiger partial charge in [-0.05, 0) is 12.1 Å². The highest BCUT2D eigenvalue weighted by atomic mass is 35.5. The summed E-state index contributed by atoms with van der Waals surface area (Å²) in [4.78, 5) is 23.4. The maximum absolute atomic E-state index is 11.7. The Morgan fingerprint density at radius 3 is 2.62 bits per heavy atom. The molecule has 110 valence electrons. The van der Waals surface area contributed by atoms with Crippen molar-refractivity contribution >= 4 is 40.8 Å². The smallest absolute Gasteiger partial charge is 0.360 e. The molecule has 6 nitrogen and oxygen atoms in total. The van der Waals surface area contributed by atoms with Crippen LogP contribution in [0.15, 0.2) is 30.5 Å². The summed E-state index contributed by atoms with van der Waals surface area (Å²) in [6.07, 6.45) is 1.46. The number of carbonyl (C=O) groups is 2. The Hall–Kier alpha value is -2.05. The van der Waals surface area contributed by atoms with Gasteiger partial charge in [0.1, 0.15) is 0 Å². The number of esters is 1. The number of benzene rings is 1. The van der Waals surface area contributed by atoms with Gasteiger partial charge in [-0.25, -0.2) is 4.79 Å². The van der Waals surface area contributed by atoms with Crippen LogP contribution in [0.1, 0.15) is 10.5 Å². The molecule has 0 saturated heterocycles. The van der Waals surface area contributed by atoms with Crippen molar-refractivity contribution in [2.45, 2.75) is 0 Å². The lowest BCUT2D eigenvalue weighted by Crippen LogP contribution is -2.21. The second-order valence-electron chi connectivity index (χ2n) is 4.10. The van der Waals surface area contributed by atoms with Crippen molar-refractivity contribution in [2.75, 3.05) is 11.9 Å². The van der Waals surface area contributed by atoms with Gasteiger partial charge in [-0.1, -0.05) is 35.3 Å². The minimum absolute atomic E-state index is 0.0373. The van der Waals surface area contributed by atoms with E-state index >= 15 is 0 Å². The highest BCUT2D eigenvalue weighted by molar-refractivity contribution is 6.34. The summed E-state index contributed by atoms with van der Waals surface area (Å²) in [7, 11) is 1.62. The van der Waals surface area contributed by atoms with Crippen molar-refractivity contribution in [2.24, 2.45) is 7.05 Å². The number of ether oxygens (including phenoxy) is 1. The molecule has 2 aromatic rings. The number of anilines is 1. The zero-order valence-corrected chi connectivity index (χ0v) is 12.5. The third-order valence-electron chi connectivity index (χ3n) is 2.46. The number of nitrogens with one attached hydrogen (secondary N) is 1. The molecule has 1 heterocycles. The number of rotatable bonds is 4. The topological polar surface area (TPSA) is 73.2 Å². The van der Waals surface area contributed by atoms with Crippen LogP contribution >= 0.6 is 23.2 Å². The van der Waals surface area contributed by atoms with Crippen molar-refractivity contribution in [3.05, 3.63) is 46.2 Å². The maximum Gasteiger partial charge on any atom is 0.360 e. The zero-order valence-electron chi connectivity index (χ0n) is 11.0. The summed E-state index contributed by atoms with van der Waals surface area (Å²) in [6, 6.07) is 6.73. The van der Waals surface area contributed by atoms with Crippen LogP contribution in [0, 0.1) is 0 Å². The second kappa shape index (κ2) is 6.60. The highest BCUT2D eigenvalue weighted by Gasteiger charge is 2.17. The van der Waals surface area contributed by atoms with Gasteiger partial charge in [-0.3, -0.25) is 9.48 Å². The fourth-order valence-corrected chi connectivity index (χ4v) is 1.99. The Morgan fingerprint density at radius 2 is 2.00 bits per heavy atom. The number of aryl methyl sites for hydroxylation is 1. The molecule has 1 aromatic heterocycles. The van der Waals surface area contributed by atoms with Crippen LogP contribution in [0.2, 0.25) is 10.0 Å². The number of nitrogens with zero attached hydrogens (tertiary/aromatic N) is 2. The summed E-state index contributed by atoms with van der Waals surface area (Å²) in [6.45, 7) is -0.461. The third kappa shape index (κ3) is 3.96. The third-order valence-corrected chi connectivity index (χ3v) is 3.07.